The van der Waals surface area contributed by atoms with Crippen molar-refractivity contribution < 1.29 is 14.3 Å². The molecule has 1 amide bonds. The number of carbonyl (C=O) groups excluding carboxylic acids is 1. The summed E-state index contributed by atoms with van der Waals surface area (Å²) in [6, 6.07) is 6.17. The lowest BCUT2D eigenvalue weighted by Gasteiger charge is -2.14. The van der Waals surface area contributed by atoms with Crippen LogP contribution in [0.2, 0.25) is 0 Å². The van der Waals surface area contributed by atoms with E-state index in [-0.39, 0.29) is 23.7 Å². The summed E-state index contributed by atoms with van der Waals surface area (Å²) in [5, 5.41) is 15.5. The average molecular weight is 266 g/mol. The number of β-amino-alcohol motifs (C(OH)–C–C–N with tert-alkyl or cyclic N) is 1. The van der Waals surface area contributed by atoms with Crippen LogP contribution in [0.25, 0.3) is 0 Å². The highest BCUT2D eigenvalue weighted by Crippen LogP contribution is 2.08. The largest absolute Gasteiger partial charge is 0.391 e. The summed E-state index contributed by atoms with van der Waals surface area (Å²) in [6.07, 6.45) is 0.594. The van der Waals surface area contributed by atoms with E-state index in [1.165, 1.54) is 12.1 Å². The lowest BCUT2D eigenvalue weighted by Crippen LogP contribution is -2.34. The van der Waals surface area contributed by atoms with Gasteiger partial charge in [0.2, 0.25) is 5.91 Å². The number of rotatable bonds is 5. The number of aliphatic hydroxyl groups is 1. The molecule has 5 heteroatoms. The molecule has 1 saturated heterocycles. The molecule has 2 rings (SSSR count). The molecule has 0 radical (unpaired) electrons. The molecule has 104 valence electrons. The number of benzene rings is 1. The third-order valence-electron chi connectivity index (χ3n) is 3.42. The lowest BCUT2D eigenvalue weighted by molar-refractivity contribution is -0.121. The van der Waals surface area contributed by atoms with E-state index in [0.29, 0.717) is 25.9 Å². The van der Waals surface area contributed by atoms with Crippen LogP contribution in [0.15, 0.2) is 24.3 Å². The van der Waals surface area contributed by atoms with E-state index in [0.717, 1.165) is 12.1 Å². The fraction of sp³-hybridized carbons (Fsp3) is 0.500. The molecule has 0 bridgehead atoms. The number of halogens is 1. The van der Waals surface area contributed by atoms with Gasteiger partial charge in [-0.2, -0.15) is 0 Å². The molecule has 1 aliphatic rings. The van der Waals surface area contributed by atoms with Crippen LogP contribution in [0.4, 0.5) is 4.39 Å². The summed E-state index contributed by atoms with van der Waals surface area (Å²) in [4.78, 5) is 11.7. The second-order valence-corrected chi connectivity index (χ2v) is 4.92. The van der Waals surface area contributed by atoms with Crippen molar-refractivity contribution in [3.05, 3.63) is 35.6 Å². The molecule has 4 nitrogen and oxygen atoms in total. The molecule has 0 aromatic heterocycles. The van der Waals surface area contributed by atoms with Crippen molar-refractivity contribution >= 4 is 5.91 Å². The lowest BCUT2D eigenvalue weighted by atomic mass is 10.1. The van der Waals surface area contributed by atoms with E-state index in [9.17, 15) is 14.3 Å². The Hall–Kier alpha value is -1.46. The first kappa shape index (κ1) is 14.0. The number of hydrogen-bond acceptors (Lipinski definition) is 3. The predicted molar refractivity (Wildman–Crippen MR) is 70.1 cm³/mol. The molecule has 2 atom stereocenters. The maximum atomic E-state index is 12.7. The number of aliphatic hydroxyl groups excluding tert-OH is 1. The first-order valence-electron chi connectivity index (χ1n) is 6.55. The Morgan fingerprint density at radius 2 is 2.11 bits per heavy atom. The molecule has 1 aliphatic heterocycles. The molecule has 1 fully saturated rings. The van der Waals surface area contributed by atoms with E-state index in [1.807, 2.05) is 0 Å². The van der Waals surface area contributed by atoms with Crippen LogP contribution in [0, 0.1) is 11.7 Å². The first-order chi connectivity index (χ1) is 9.15. The Kier molecular flexibility index (Phi) is 4.87. The van der Waals surface area contributed by atoms with Crippen molar-refractivity contribution in [2.45, 2.75) is 18.9 Å². The van der Waals surface area contributed by atoms with Gasteiger partial charge in [0.05, 0.1) is 6.10 Å². The molecule has 1 heterocycles. The molecule has 1 aromatic carbocycles. The summed E-state index contributed by atoms with van der Waals surface area (Å²) in [6.45, 7) is 1.83. The molecular formula is C14H19FN2O2. The van der Waals surface area contributed by atoms with Gasteiger partial charge in [-0.25, -0.2) is 4.39 Å². The minimum atomic E-state index is -0.377. The molecule has 3 N–H and O–H groups in total. The van der Waals surface area contributed by atoms with Gasteiger partial charge >= 0.3 is 0 Å². The molecule has 2 unspecified atom stereocenters. The van der Waals surface area contributed by atoms with E-state index < -0.39 is 0 Å². The molecule has 0 aliphatic carbocycles. The molecule has 1 aromatic rings. The number of amides is 1. The topological polar surface area (TPSA) is 61.4 Å². The Labute approximate surface area is 112 Å². The van der Waals surface area contributed by atoms with Crippen LogP contribution < -0.4 is 10.6 Å². The van der Waals surface area contributed by atoms with Crippen molar-refractivity contribution in [1.29, 1.82) is 0 Å². The third-order valence-corrected chi connectivity index (χ3v) is 3.42. The molecule has 0 saturated carbocycles. The van der Waals surface area contributed by atoms with Crippen molar-refractivity contribution in [3.8, 4) is 0 Å². The Morgan fingerprint density at radius 3 is 2.74 bits per heavy atom. The van der Waals surface area contributed by atoms with E-state index >= 15 is 0 Å². The zero-order valence-electron chi connectivity index (χ0n) is 10.7. The second-order valence-electron chi connectivity index (χ2n) is 4.92. The van der Waals surface area contributed by atoms with Crippen LogP contribution >= 0.6 is 0 Å². The van der Waals surface area contributed by atoms with Gasteiger partial charge < -0.3 is 15.7 Å². The monoisotopic (exact) mass is 266 g/mol. The zero-order valence-corrected chi connectivity index (χ0v) is 10.7. The number of nitrogens with one attached hydrogen (secondary N) is 2. The molecule has 0 spiro atoms. The summed E-state index contributed by atoms with van der Waals surface area (Å²) < 4.78 is 12.7. The minimum absolute atomic E-state index is 0.0385. The van der Waals surface area contributed by atoms with Crippen LogP contribution in [0.3, 0.4) is 0 Å². The third kappa shape index (κ3) is 4.29. The van der Waals surface area contributed by atoms with Gasteiger partial charge in [0.25, 0.3) is 0 Å². The summed E-state index contributed by atoms with van der Waals surface area (Å²) >= 11 is 0. The van der Waals surface area contributed by atoms with E-state index in [1.54, 1.807) is 12.1 Å². The average Bonchev–Trinajstić information content (AvgIpc) is 2.81. The Morgan fingerprint density at radius 1 is 1.37 bits per heavy atom. The standard InChI is InChI=1S/C14H19FN2O2/c15-12-4-1-10(2-5-12)3-6-14(19)17-8-11-7-16-9-13(11)18/h1-2,4-5,11,13,16,18H,3,6-9H2,(H,17,19). The highest BCUT2D eigenvalue weighted by Gasteiger charge is 2.24. The summed E-state index contributed by atoms with van der Waals surface area (Å²) in [5.74, 6) is -0.214. The fourth-order valence-corrected chi connectivity index (χ4v) is 2.17. The van der Waals surface area contributed by atoms with E-state index in [4.69, 9.17) is 0 Å². The fourth-order valence-electron chi connectivity index (χ4n) is 2.17. The van der Waals surface area contributed by atoms with Crippen molar-refractivity contribution in [3.63, 3.8) is 0 Å². The highest BCUT2D eigenvalue weighted by atomic mass is 19.1. The van der Waals surface area contributed by atoms with Crippen molar-refractivity contribution in [2.24, 2.45) is 5.92 Å². The van der Waals surface area contributed by atoms with Crippen molar-refractivity contribution in [2.75, 3.05) is 19.6 Å². The quantitative estimate of drug-likeness (QED) is 0.725. The maximum absolute atomic E-state index is 12.7. The minimum Gasteiger partial charge on any atom is -0.391 e. The van der Waals surface area contributed by atoms with Gasteiger partial charge in [-0.05, 0) is 24.1 Å². The second kappa shape index (κ2) is 6.63. The Bertz CT molecular complexity index is 422. The van der Waals surface area contributed by atoms with Crippen molar-refractivity contribution in [1.82, 2.24) is 10.6 Å². The predicted octanol–water partition coefficient (Wildman–Crippen LogP) is 0.455. The summed E-state index contributed by atoms with van der Waals surface area (Å²) in [7, 11) is 0. The van der Waals surface area contributed by atoms with Gasteiger partial charge in [-0.3, -0.25) is 4.79 Å². The normalized spacial score (nSPS) is 22.4. The number of carbonyl (C=O) groups is 1. The molecule has 19 heavy (non-hydrogen) atoms. The van der Waals surface area contributed by atoms with Crippen LogP contribution in [0.5, 0.6) is 0 Å². The number of aryl methyl sites for hydroxylation is 1. The molecular weight excluding hydrogens is 247 g/mol. The Balaban J connectivity index is 1.68. The van der Waals surface area contributed by atoms with Gasteiger partial charge in [0, 0.05) is 32.0 Å². The van der Waals surface area contributed by atoms with Crippen LogP contribution in [-0.4, -0.2) is 36.8 Å². The SMILES string of the molecule is O=C(CCc1ccc(F)cc1)NCC1CNCC1O. The zero-order chi connectivity index (χ0) is 13.7. The van der Waals surface area contributed by atoms with Crippen LogP contribution in [-0.2, 0) is 11.2 Å². The van der Waals surface area contributed by atoms with Gasteiger partial charge in [0.1, 0.15) is 5.82 Å². The van der Waals surface area contributed by atoms with Gasteiger partial charge in [0.15, 0.2) is 0 Å². The highest BCUT2D eigenvalue weighted by molar-refractivity contribution is 5.76. The van der Waals surface area contributed by atoms with E-state index in [2.05, 4.69) is 10.6 Å². The van der Waals surface area contributed by atoms with Crippen LogP contribution in [0.1, 0.15) is 12.0 Å². The van der Waals surface area contributed by atoms with Gasteiger partial charge in [-0.1, -0.05) is 12.1 Å². The number of hydrogen-bond donors (Lipinski definition) is 3. The first-order valence-corrected chi connectivity index (χ1v) is 6.55. The maximum Gasteiger partial charge on any atom is 0.220 e. The summed E-state index contributed by atoms with van der Waals surface area (Å²) in [5.41, 5.74) is 0.944. The van der Waals surface area contributed by atoms with Gasteiger partial charge in [-0.15, -0.1) is 0 Å². The smallest absolute Gasteiger partial charge is 0.220 e.